The predicted octanol–water partition coefficient (Wildman–Crippen LogP) is 3.13. The minimum Gasteiger partial charge on any atom is -0.460 e. The number of rotatable bonds is 1. The van der Waals surface area contributed by atoms with E-state index in [9.17, 15) is 31.1 Å². The molecule has 0 saturated heterocycles. The quantitative estimate of drug-likeness (QED) is 0.550. The Balaban J connectivity index is 3.44. The van der Waals surface area contributed by atoms with Gasteiger partial charge in [-0.25, -0.2) is 0 Å². The Labute approximate surface area is 78.5 Å². The number of furan rings is 1. The number of halogens is 6. The molecule has 0 fully saturated rings. The highest BCUT2D eigenvalue weighted by Gasteiger charge is 2.47. The average molecular weight is 232 g/mol. The third kappa shape index (κ3) is 2.13. The second-order valence-electron chi connectivity index (χ2n) is 2.50. The molecule has 1 aromatic rings. The molecule has 0 spiro atoms. The van der Waals surface area contributed by atoms with Crippen LogP contribution >= 0.6 is 0 Å². The van der Waals surface area contributed by atoms with Crippen molar-refractivity contribution < 1.29 is 35.6 Å². The first kappa shape index (κ1) is 11.6. The van der Waals surface area contributed by atoms with E-state index in [1.54, 1.807) is 0 Å². The minimum atomic E-state index is -5.28. The Morgan fingerprint density at radius 1 is 1.07 bits per heavy atom. The van der Waals surface area contributed by atoms with Crippen molar-refractivity contribution in [2.24, 2.45) is 0 Å². The Bertz CT molecular complexity index is 372. The van der Waals surface area contributed by atoms with Gasteiger partial charge in [-0.3, -0.25) is 4.79 Å². The van der Waals surface area contributed by atoms with E-state index in [-0.39, 0.29) is 6.26 Å². The molecule has 0 aliphatic rings. The second-order valence-corrected chi connectivity index (χ2v) is 2.50. The molecule has 0 unspecified atom stereocenters. The van der Waals surface area contributed by atoms with Crippen molar-refractivity contribution in [1.29, 1.82) is 0 Å². The third-order valence-electron chi connectivity index (χ3n) is 1.52. The van der Waals surface area contributed by atoms with Crippen LogP contribution in [0, 0.1) is 0 Å². The molecule has 0 amide bonds. The smallest absolute Gasteiger partial charge is 0.420 e. The predicted molar refractivity (Wildman–Crippen MR) is 34.1 cm³/mol. The van der Waals surface area contributed by atoms with Crippen LogP contribution in [0.1, 0.15) is 21.7 Å². The third-order valence-corrected chi connectivity index (χ3v) is 1.52. The van der Waals surface area contributed by atoms with Gasteiger partial charge in [0.15, 0.2) is 12.0 Å². The molecule has 1 rings (SSSR count). The van der Waals surface area contributed by atoms with E-state index < -0.39 is 35.5 Å². The Morgan fingerprint density at radius 2 is 1.60 bits per heavy atom. The molecule has 15 heavy (non-hydrogen) atoms. The summed E-state index contributed by atoms with van der Waals surface area (Å²) in [5.74, 6) is -1.38. The van der Waals surface area contributed by atoms with Crippen molar-refractivity contribution >= 4 is 6.29 Å². The molecule has 0 bridgehead atoms. The van der Waals surface area contributed by atoms with E-state index in [2.05, 4.69) is 4.42 Å². The molecule has 0 aliphatic heterocycles. The van der Waals surface area contributed by atoms with Crippen LogP contribution in [0.2, 0.25) is 0 Å². The standard InChI is InChI=1S/C7H2F6O2/c8-6(9,10)3-2-15-4(1-14)5(3)7(11,12)13/h1-2H. The molecule has 1 heterocycles. The zero-order chi connectivity index (χ0) is 11.9. The van der Waals surface area contributed by atoms with E-state index in [0.717, 1.165) is 0 Å². The lowest BCUT2D eigenvalue weighted by Crippen LogP contribution is -2.15. The molecule has 84 valence electrons. The van der Waals surface area contributed by atoms with E-state index in [0.29, 0.717) is 0 Å². The maximum absolute atomic E-state index is 12.1. The maximum Gasteiger partial charge on any atom is 0.420 e. The van der Waals surface area contributed by atoms with Gasteiger partial charge in [-0.2, -0.15) is 26.3 Å². The van der Waals surface area contributed by atoms with Crippen molar-refractivity contribution in [1.82, 2.24) is 0 Å². The summed E-state index contributed by atoms with van der Waals surface area (Å²) in [4.78, 5) is 10.1. The van der Waals surface area contributed by atoms with Gasteiger partial charge < -0.3 is 4.42 Å². The Kier molecular flexibility index (Phi) is 2.54. The normalized spacial score (nSPS) is 12.9. The topological polar surface area (TPSA) is 30.2 Å². The Hall–Kier alpha value is -1.47. The van der Waals surface area contributed by atoms with E-state index in [1.165, 1.54) is 0 Å². The summed E-state index contributed by atoms with van der Waals surface area (Å²) < 4.78 is 76.5. The highest BCUT2D eigenvalue weighted by Crippen LogP contribution is 2.42. The van der Waals surface area contributed by atoms with Gasteiger partial charge in [0.1, 0.15) is 17.4 Å². The molecular formula is C7H2F6O2. The lowest BCUT2D eigenvalue weighted by Gasteiger charge is -2.09. The molecular weight excluding hydrogens is 230 g/mol. The summed E-state index contributed by atoms with van der Waals surface area (Å²) in [6.45, 7) is 0. The highest BCUT2D eigenvalue weighted by atomic mass is 19.4. The lowest BCUT2D eigenvalue weighted by molar-refractivity contribution is -0.161. The fourth-order valence-electron chi connectivity index (χ4n) is 0.961. The van der Waals surface area contributed by atoms with Crippen LogP contribution in [-0.4, -0.2) is 6.29 Å². The molecule has 0 radical (unpaired) electrons. The van der Waals surface area contributed by atoms with Crippen LogP contribution < -0.4 is 0 Å². The first-order chi connectivity index (χ1) is 6.68. The van der Waals surface area contributed by atoms with Gasteiger partial charge in [-0.1, -0.05) is 0 Å². The monoisotopic (exact) mass is 232 g/mol. The van der Waals surface area contributed by atoms with Crippen molar-refractivity contribution in [3.63, 3.8) is 0 Å². The van der Waals surface area contributed by atoms with Gasteiger partial charge in [0.05, 0.1) is 0 Å². The van der Waals surface area contributed by atoms with Gasteiger partial charge in [0.25, 0.3) is 0 Å². The summed E-state index contributed by atoms with van der Waals surface area (Å²) in [6, 6.07) is 0. The van der Waals surface area contributed by atoms with Gasteiger partial charge in [-0.05, 0) is 0 Å². The average Bonchev–Trinajstić information content (AvgIpc) is 2.44. The van der Waals surface area contributed by atoms with Crippen LogP contribution in [0.5, 0.6) is 0 Å². The summed E-state index contributed by atoms with van der Waals surface area (Å²) in [6.07, 6.45) is -11.0. The van der Waals surface area contributed by atoms with Crippen molar-refractivity contribution in [3.05, 3.63) is 23.2 Å². The molecule has 0 aliphatic carbocycles. The van der Waals surface area contributed by atoms with Crippen LogP contribution in [0.4, 0.5) is 26.3 Å². The number of hydrogen-bond donors (Lipinski definition) is 0. The Morgan fingerprint density at radius 3 is 1.93 bits per heavy atom. The van der Waals surface area contributed by atoms with E-state index in [1.807, 2.05) is 0 Å². The summed E-state index contributed by atoms with van der Waals surface area (Å²) in [5.41, 5.74) is -4.10. The number of carbonyl (C=O) groups excluding carboxylic acids is 1. The highest BCUT2D eigenvalue weighted by molar-refractivity contribution is 5.74. The van der Waals surface area contributed by atoms with Crippen LogP contribution in [0.3, 0.4) is 0 Å². The summed E-state index contributed by atoms with van der Waals surface area (Å²) in [5, 5.41) is 0. The zero-order valence-electron chi connectivity index (χ0n) is 6.74. The fourth-order valence-corrected chi connectivity index (χ4v) is 0.961. The fraction of sp³-hybridized carbons (Fsp3) is 0.286. The molecule has 2 nitrogen and oxygen atoms in total. The van der Waals surface area contributed by atoms with Crippen LogP contribution in [-0.2, 0) is 12.4 Å². The molecule has 1 aromatic heterocycles. The van der Waals surface area contributed by atoms with Gasteiger partial charge >= 0.3 is 12.4 Å². The lowest BCUT2D eigenvalue weighted by atomic mass is 10.1. The summed E-state index contributed by atoms with van der Waals surface area (Å²) >= 11 is 0. The number of alkyl halides is 6. The first-order valence-corrected chi connectivity index (χ1v) is 3.39. The summed E-state index contributed by atoms with van der Waals surface area (Å²) in [7, 11) is 0. The zero-order valence-corrected chi connectivity index (χ0v) is 6.74. The molecule has 0 N–H and O–H groups in total. The number of carbonyl (C=O) groups is 1. The minimum absolute atomic E-state index is 0.132. The van der Waals surface area contributed by atoms with Crippen LogP contribution in [0.25, 0.3) is 0 Å². The maximum atomic E-state index is 12.1. The SMILES string of the molecule is O=Cc1occ(C(F)(F)F)c1C(F)(F)F. The first-order valence-electron chi connectivity index (χ1n) is 3.39. The van der Waals surface area contributed by atoms with Crippen LogP contribution in [0.15, 0.2) is 10.7 Å². The molecule has 0 aromatic carbocycles. The molecule has 0 atom stereocenters. The largest absolute Gasteiger partial charge is 0.460 e. The van der Waals surface area contributed by atoms with Crippen molar-refractivity contribution in [3.8, 4) is 0 Å². The second kappa shape index (κ2) is 3.28. The van der Waals surface area contributed by atoms with Gasteiger partial charge in [-0.15, -0.1) is 0 Å². The van der Waals surface area contributed by atoms with Gasteiger partial charge in [0.2, 0.25) is 0 Å². The van der Waals surface area contributed by atoms with E-state index >= 15 is 0 Å². The number of hydrogen-bond acceptors (Lipinski definition) is 2. The molecule has 0 saturated carbocycles. The molecule has 8 heteroatoms. The van der Waals surface area contributed by atoms with Gasteiger partial charge in [0, 0.05) is 0 Å². The number of aldehydes is 1. The van der Waals surface area contributed by atoms with Crippen molar-refractivity contribution in [2.45, 2.75) is 12.4 Å². The van der Waals surface area contributed by atoms with Crippen molar-refractivity contribution in [2.75, 3.05) is 0 Å². The van der Waals surface area contributed by atoms with E-state index in [4.69, 9.17) is 0 Å².